The van der Waals surface area contributed by atoms with Gasteiger partial charge in [0.15, 0.2) is 0 Å². The van der Waals surface area contributed by atoms with E-state index in [1.165, 1.54) is 24.0 Å². The first-order valence-corrected chi connectivity index (χ1v) is 7.49. The van der Waals surface area contributed by atoms with E-state index in [-0.39, 0.29) is 12.6 Å². The van der Waals surface area contributed by atoms with Gasteiger partial charge in [-0.25, -0.2) is 0 Å². The first kappa shape index (κ1) is 14.5. The normalized spacial score (nSPS) is 18.4. The van der Waals surface area contributed by atoms with Crippen LogP contribution < -0.4 is 5.32 Å². The molecule has 2 rings (SSSR count). The van der Waals surface area contributed by atoms with E-state index in [4.69, 9.17) is 0 Å². The molecular formula is C16H26N2O. The zero-order chi connectivity index (χ0) is 13.5. The van der Waals surface area contributed by atoms with Crippen LogP contribution in [0.1, 0.15) is 36.9 Å². The topological polar surface area (TPSA) is 35.5 Å². The quantitative estimate of drug-likeness (QED) is 0.823. The highest BCUT2D eigenvalue weighted by Crippen LogP contribution is 2.21. The molecule has 1 heterocycles. The van der Waals surface area contributed by atoms with E-state index >= 15 is 0 Å². The average molecular weight is 262 g/mol. The van der Waals surface area contributed by atoms with Crippen molar-refractivity contribution in [2.24, 2.45) is 0 Å². The number of rotatable bonds is 6. The summed E-state index contributed by atoms with van der Waals surface area (Å²) in [6.07, 6.45) is 3.65. The predicted octanol–water partition coefficient (Wildman–Crippen LogP) is 1.97. The smallest absolute Gasteiger partial charge is 0.0628 e. The van der Waals surface area contributed by atoms with Gasteiger partial charge < -0.3 is 10.4 Å². The number of aliphatic hydroxyl groups excluding tert-OH is 1. The molecule has 1 aliphatic heterocycles. The van der Waals surface area contributed by atoms with E-state index in [2.05, 4.69) is 41.4 Å². The molecule has 0 amide bonds. The van der Waals surface area contributed by atoms with Crippen LogP contribution in [-0.2, 0) is 6.42 Å². The molecule has 0 aliphatic carbocycles. The number of hydrogen-bond donors (Lipinski definition) is 2. The number of nitrogens with one attached hydrogen (secondary N) is 1. The Morgan fingerprint density at radius 1 is 1.21 bits per heavy atom. The molecule has 1 aliphatic rings. The number of unbranched alkanes of at least 4 members (excludes halogenated alkanes) is 1. The van der Waals surface area contributed by atoms with Crippen LogP contribution in [0.3, 0.4) is 0 Å². The van der Waals surface area contributed by atoms with Gasteiger partial charge in [0, 0.05) is 26.2 Å². The molecule has 1 unspecified atom stereocenters. The maximum absolute atomic E-state index is 9.68. The summed E-state index contributed by atoms with van der Waals surface area (Å²) in [6, 6.07) is 8.97. The second-order valence-electron chi connectivity index (χ2n) is 5.33. The van der Waals surface area contributed by atoms with Crippen molar-refractivity contribution < 1.29 is 5.11 Å². The Labute approximate surface area is 116 Å². The van der Waals surface area contributed by atoms with Crippen LogP contribution in [0, 0.1) is 0 Å². The summed E-state index contributed by atoms with van der Waals surface area (Å²) in [5.74, 6) is 0. The summed E-state index contributed by atoms with van der Waals surface area (Å²) in [4.78, 5) is 2.37. The molecule has 106 valence electrons. The minimum Gasteiger partial charge on any atom is -0.394 e. The lowest BCUT2D eigenvalue weighted by Crippen LogP contribution is -2.46. The first-order chi connectivity index (χ1) is 9.35. The van der Waals surface area contributed by atoms with Gasteiger partial charge in [-0.2, -0.15) is 0 Å². The Balaban J connectivity index is 2.01. The monoisotopic (exact) mass is 262 g/mol. The Morgan fingerprint density at radius 3 is 2.47 bits per heavy atom. The molecule has 3 nitrogen and oxygen atoms in total. The molecule has 1 fully saturated rings. The summed E-state index contributed by atoms with van der Waals surface area (Å²) in [7, 11) is 0. The molecule has 0 bridgehead atoms. The lowest BCUT2D eigenvalue weighted by molar-refractivity contribution is 0.111. The van der Waals surface area contributed by atoms with E-state index in [0.717, 1.165) is 32.6 Å². The third-order valence-corrected chi connectivity index (χ3v) is 3.95. The maximum Gasteiger partial charge on any atom is 0.0628 e. The fourth-order valence-corrected chi connectivity index (χ4v) is 2.71. The summed E-state index contributed by atoms with van der Waals surface area (Å²) in [5.41, 5.74) is 2.65. The lowest BCUT2D eigenvalue weighted by Gasteiger charge is -2.34. The zero-order valence-corrected chi connectivity index (χ0v) is 11.9. The third kappa shape index (κ3) is 4.03. The van der Waals surface area contributed by atoms with Crippen LogP contribution in [-0.4, -0.2) is 42.8 Å². The Hall–Kier alpha value is -0.900. The van der Waals surface area contributed by atoms with Crippen LogP contribution in [0.15, 0.2) is 24.3 Å². The highest BCUT2D eigenvalue weighted by atomic mass is 16.3. The predicted molar refractivity (Wildman–Crippen MR) is 79.3 cm³/mol. The van der Waals surface area contributed by atoms with Gasteiger partial charge >= 0.3 is 0 Å². The van der Waals surface area contributed by atoms with Crippen molar-refractivity contribution in [1.29, 1.82) is 0 Å². The molecular weight excluding hydrogens is 236 g/mol. The van der Waals surface area contributed by atoms with Gasteiger partial charge in [-0.15, -0.1) is 0 Å². The molecule has 1 aromatic carbocycles. The van der Waals surface area contributed by atoms with Gasteiger partial charge in [0.05, 0.1) is 12.6 Å². The second kappa shape index (κ2) is 7.63. The van der Waals surface area contributed by atoms with E-state index in [0.29, 0.717) is 0 Å². The van der Waals surface area contributed by atoms with Crippen molar-refractivity contribution >= 4 is 0 Å². The summed E-state index contributed by atoms with van der Waals surface area (Å²) >= 11 is 0. The molecule has 0 saturated carbocycles. The lowest BCUT2D eigenvalue weighted by atomic mass is 10.0. The Kier molecular flexibility index (Phi) is 5.83. The van der Waals surface area contributed by atoms with Crippen molar-refractivity contribution in [1.82, 2.24) is 10.2 Å². The largest absolute Gasteiger partial charge is 0.394 e. The molecule has 19 heavy (non-hydrogen) atoms. The molecule has 2 N–H and O–H groups in total. The molecule has 0 aromatic heterocycles. The minimum absolute atomic E-state index is 0.155. The Morgan fingerprint density at radius 2 is 1.89 bits per heavy atom. The van der Waals surface area contributed by atoms with E-state index in [9.17, 15) is 5.11 Å². The molecule has 1 aromatic rings. The number of hydrogen-bond acceptors (Lipinski definition) is 3. The van der Waals surface area contributed by atoms with Crippen molar-refractivity contribution in [2.75, 3.05) is 32.8 Å². The third-order valence-electron chi connectivity index (χ3n) is 3.95. The van der Waals surface area contributed by atoms with E-state index in [1.807, 2.05) is 0 Å². The van der Waals surface area contributed by atoms with Gasteiger partial charge in [0.1, 0.15) is 0 Å². The zero-order valence-electron chi connectivity index (χ0n) is 11.9. The molecule has 1 atom stereocenters. The van der Waals surface area contributed by atoms with Crippen molar-refractivity contribution in [3.63, 3.8) is 0 Å². The van der Waals surface area contributed by atoms with Gasteiger partial charge in [0.2, 0.25) is 0 Å². The van der Waals surface area contributed by atoms with Crippen molar-refractivity contribution in [2.45, 2.75) is 32.2 Å². The molecule has 0 radical (unpaired) electrons. The van der Waals surface area contributed by atoms with Crippen molar-refractivity contribution in [3.8, 4) is 0 Å². The van der Waals surface area contributed by atoms with Crippen LogP contribution in [0.5, 0.6) is 0 Å². The number of benzene rings is 1. The fourth-order valence-electron chi connectivity index (χ4n) is 2.71. The number of nitrogens with zero attached hydrogens (tertiary/aromatic N) is 1. The highest BCUT2D eigenvalue weighted by molar-refractivity contribution is 5.25. The first-order valence-electron chi connectivity index (χ1n) is 7.49. The van der Waals surface area contributed by atoms with Crippen LogP contribution in [0.4, 0.5) is 0 Å². The molecule has 3 heteroatoms. The number of piperazine rings is 1. The number of aliphatic hydroxyl groups is 1. The summed E-state index contributed by atoms with van der Waals surface area (Å²) in [6.45, 7) is 6.50. The Bertz CT molecular complexity index is 358. The molecule has 1 saturated heterocycles. The van der Waals surface area contributed by atoms with Crippen LogP contribution in [0.2, 0.25) is 0 Å². The summed E-state index contributed by atoms with van der Waals surface area (Å²) in [5, 5.41) is 13.0. The van der Waals surface area contributed by atoms with Gasteiger partial charge in [-0.1, -0.05) is 37.6 Å². The number of aryl methyl sites for hydroxylation is 1. The maximum atomic E-state index is 9.68. The van der Waals surface area contributed by atoms with Gasteiger partial charge in [-0.3, -0.25) is 4.90 Å². The van der Waals surface area contributed by atoms with Gasteiger partial charge in [0.25, 0.3) is 0 Å². The van der Waals surface area contributed by atoms with E-state index in [1.54, 1.807) is 0 Å². The van der Waals surface area contributed by atoms with E-state index < -0.39 is 0 Å². The van der Waals surface area contributed by atoms with Crippen molar-refractivity contribution in [3.05, 3.63) is 35.4 Å². The van der Waals surface area contributed by atoms with Crippen LogP contribution in [0.25, 0.3) is 0 Å². The highest BCUT2D eigenvalue weighted by Gasteiger charge is 2.21. The molecule has 0 spiro atoms. The fraction of sp³-hybridized carbons (Fsp3) is 0.625. The van der Waals surface area contributed by atoms with Gasteiger partial charge in [-0.05, 0) is 24.0 Å². The van der Waals surface area contributed by atoms with Crippen LogP contribution >= 0.6 is 0 Å². The second-order valence-corrected chi connectivity index (χ2v) is 5.33. The minimum atomic E-state index is 0.155. The summed E-state index contributed by atoms with van der Waals surface area (Å²) < 4.78 is 0. The standard InChI is InChI=1S/C16H26N2O/c1-2-3-4-14-5-7-15(8-6-14)16(13-19)18-11-9-17-10-12-18/h5-8,16-17,19H,2-4,9-13H2,1H3. The average Bonchev–Trinajstić information content (AvgIpc) is 2.48. The SMILES string of the molecule is CCCCc1ccc(C(CO)N2CCNCC2)cc1.